The summed E-state index contributed by atoms with van der Waals surface area (Å²) in [7, 11) is 4.39. The fourth-order valence-corrected chi connectivity index (χ4v) is 2.64. The van der Waals surface area contributed by atoms with E-state index in [-0.39, 0.29) is 5.54 Å². The third kappa shape index (κ3) is 4.21. The van der Waals surface area contributed by atoms with Gasteiger partial charge in [-0.3, -0.25) is 4.90 Å². The Bertz CT molecular complexity index is 213. The van der Waals surface area contributed by atoms with Gasteiger partial charge in [-0.15, -0.1) is 0 Å². The van der Waals surface area contributed by atoms with Crippen LogP contribution >= 0.6 is 0 Å². The van der Waals surface area contributed by atoms with Gasteiger partial charge in [0.05, 0.1) is 6.61 Å². The number of hydrogen-bond donors (Lipinski definition) is 1. The molecule has 1 fully saturated rings. The smallest absolute Gasteiger partial charge is 0.0593 e. The maximum absolute atomic E-state index is 6.06. The summed E-state index contributed by atoms with van der Waals surface area (Å²) < 4.78 is 5.44. The molecule has 0 radical (unpaired) electrons. The minimum atomic E-state index is 0.182. The quantitative estimate of drug-likeness (QED) is 0.700. The Hall–Kier alpha value is -0.160. The van der Waals surface area contributed by atoms with E-state index in [0.29, 0.717) is 0 Å². The zero-order chi connectivity index (χ0) is 12.7. The fourth-order valence-electron chi connectivity index (χ4n) is 2.64. The highest BCUT2D eigenvalue weighted by Gasteiger charge is 2.34. The summed E-state index contributed by atoms with van der Waals surface area (Å²) >= 11 is 0. The van der Waals surface area contributed by atoms with Crippen molar-refractivity contribution in [3.63, 3.8) is 0 Å². The molecule has 1 aliphatic heterocycles. The lowest BCUT2D eigenvalue weighted by atomic mass is 9.89. The highest BCUT2D eigenvalue weighted by Crippen LogP contribution is 2.26. The molecule has 0 aromatic carbocycles. The lowest BCUT2D eigenvalue weighted by Crippen LogP contribution is -2.53. The Kier molecular flexibility index (Phi) is 6.41. The third-order valence-electron chi connectivity index (χ3n) is 4.11. The first-order chi connectivity index (χ1) is 8.14. The number of likely N-dealkylation sites (N-methyl/N-ethyl adjacent to an activating group) is 1. The van der Waals surface area contributed by atoms with Crippen LogP contribution in [0.15, 0.2) is 0 Å². The molecule has 0 bridgehead atoms. The van der Waals surface area contributed by atoms with Crippen molar-refractivity contribution in [2.45, 2.75) is 31.7 Å². The number of nitrogens with two attached hydrogens (primary N) is 1. The zero-order valence-electron chi connectivity index (χ0n) is 11.7. The van der Waals surface area contributed by atoms with Crippen LogP contribution < -0.4 is 5.73 Å². The molecule has 0 aliphatic carbocycles. The minimum Gasteiger partial charge on any atom is -0.380 e. The standard InChI is InChI=1S/C13H29N3O/c1-4-17-11-10-16(3)13(12-14)6-5-8-15(2)9-7-13/h4-12,14H2,1-3H3. The SMILES string of the molecule is CCOCCN(C)C1(CN)CCCN(C)CC1. The predicted molar refractivity (Wildman–Crippen MR) is 72.3 cm³/mol. The van der Waals surface area contributed by atoms with E-state index in [2.05, 4.69) is 23.9 Å². The Morgan fingerprint density at radius 3 is 2.76 bits per heavy atom. The van der Waals surface area contributed by atoms with Crippen molar-refractivity contribution in [1.29, 1.82) is 0 Å². The molecule has 1 atom stereocenters. The van der Waals surface area contributed by atoms with Crippen molar-refractivity contribution >= 4 is 0 Å². The van der Waals surface area contributed by atoms with Gasteiger partial charge in [0, 0.05) is 25.2 Å². The van der Waals surface area contributed by atoms with Gasteiger partial charge >= 0.3 is 0 Å². The number of likely N-dealkylation sites (tertiary alicyclic amines) is 1. The van der Waals surface area contributed by atoms with Gasteiger partial charge in [-0.1, -0.05) is 0 Å². The average Bonchev–Trinajstić information content (AvgIpc) is 2.52. The predicted octanol–water partition coefficient (Wildman–Crippen LogP) is 0.768. The van der Waals surface area contributed by atoms with Gasteiger partial charge in [-0.2, -0.15) is 0 Å². The molecule has 1 heterocycles. The van der Waals surface area contributed by atoms with Crippen LogP contribution in [0, 0.1) is 0 Å². The second-order valence-electron chi connectivity index (χ2n) is 5.20. The van der Waals surface area contributed by atoms with E-state index in [0.717, 1.165) is 32.8 Å². The van der Waals surface area contributed by atoms with Crippen molar-refractivity contribution in [2.24, 2.45) is 5.73 Å². The van der Waals surface area contributed by atoms with E-state index in [1.807, 2.05) is 6.92 Å². The molecule has 0 aromatic rings. The molecular formula is C13H29N3O. The van der Waals surface area contributed by atoms with Crippen molar-refractivity contribution < 1.29 is 4.74 Å². The van der Waals surface area contributed by atoms with Gasteiger partial charge in [-0.25, -0.2) is 0 Å². The van der Waals surface area contributed by atoms with E-state index >= 15 is 0 Å². The van der Waals surface area contributed by atoms with Crippen molar-refractivity contribution in [2.75, 3.05) is 53.5 Å². The van der Waals surface area contributed by atoms with Crippen LogP contribution in [0.4, 0.5) is 0 Å². The number of rotatable bonds is 6. The van der Waals surface area contributed by atoms with E-state index < -0.39 is 0 Å². The highest BCUT2D eigenvalue weighted by atomic mass is 16.5. The Morgan fingerprint density at radius 2 is 2.12 bits per heavy atom. The number of hydrogen-bond acceptors (Lipinski definition) is 4. The second kappa shape index (κ2) is 7.31. The molecule has 0 spiro atoms. The summed E-state index contributed by atoms with van der Waals surface area (Å²) in [4.78, 5) is 4.83. The zero-order valence-corrected chi connectivity index (χ0v) is 11.7. The van der Waals surface area contributed by atoms with E-state index in [1.54, 1.807) is 0 Å². The topological polar surface area (TPSA) is 41.7 Å². The molecule has 4 nitrogen and oxygen atoms in total. The van der Waals surface area contributed by atoms with Gasteiger partial charge < -0.3 is 15.4 Å². The molecule has 0 amide bonds. The second-order valence-corrected chi connectivity index (χ2v) is 5.20. The lowest BCUT2D eigenvalue weighted by molar-refractivity contribution is 0.0591. The van der Waals surface area contributed by atoms with Crippen LogP contribution in [-0.2, 0) is 4.74 Å². The summed E-state index contributed by atoms with van der Waals surface area (Å²) in [6, 6.07) is 0. The maximum atomic E-state index is 6.06. The number of ether oxygens (including phenoxy) is 1. The average molecular weight is 243 g/mol. The molecule has 1 rings (SSSR count). The molecule has 102 valence electrons. The van der Waals surface area contributed by atoms with Crippen LogP contribution in [0.1, 0.15) is 26.2 Å². The summed E-state index contributed by atoms with van der Waals surface area (Å²) in [5, 5.41) is 0. The first kappa shape index (κ1) is 14.9. The molecule has 4 heteroatoms. The van der Waals surface area contributed by atoms with Crippen LogP contribution in [0.5, 0.6) is 0 Å². The summed E-state index contributed by atoms with van der Waals surface area (Å²) in [6.45, 7) is 7.73. The highest BCUT2D eigenvalue weighted by molar-refractivity contribution is 4.93. The van der Waals surface area contributed by atoms with E-state index in [1.165, 1.54) is 25.8 Å². The van der Waals surface area contributed by atoms with Gasteiger partial charge in [-0.05, 0) is 53.4 Å². The Balaban J connectivity index is 2.53. The van der Waals surface area contributed by atoms with E-state index in [9.17, 15) is 0 Å². The first-order valence-electron chi connectivity index (χ1n) is 6.82. The van der Waals surface area contributed by atoms with Crippen LogP contribution in [0.25, 0.3) is 0 Å². The minimum absolute atomic E-state index is 0.182. The number of nitrogens with zero attached hydrogens (tertiary/aromatic N) is 2. The van der Waals surface area contributed by atoms with Crippen LogP contribution in [0.3, 0.4) is 0 Å². The molecule has 17 heavy (non-hydrogen) atoms. The molecule has 1 unspecified atom stereocenters. The van der Waals surface area contributed by atoms with Crippen molar-refractivity contribution in [1.82, 2.24) is 9.80 Å². The van der Waals surface area contributed by atoms with E-state index in [4.69, 9.17) is 10.5 Å². The third-order valence-corrected chi connectivity index (χ3v) is 4.11. The summed E-state index contributed by atoms with van der Waals surface area (Å²) in [5.41, 5.74) is 6.24. The fraction of sp³-hybridized carbons (Fsp3) is 1.00. The van der Waals surface area contributed by atoms with Crippen molar-refractivity contribution in [3.8, 4) is 0 Å². The molecule has 0 aromatic heterocycles. The summed E-state index contributed by atoms with van der Waals surface area (Å²) in [6.07, 6.45) is 3.62. The molecule has 1 aliphatic rings. The van der Waals surface area contributed by atoms with Crippen LogP contribution in [0.2, 0.25) is 0 Å². The monoisotopic (exact) mass is 243 g/mol. The first-order valence-corrected chi connectivity index (χ1v) is 6.82. The Labute approximate surface area is 106 Å². The molecular weight excluding hydrogens is 214 g/mol. The van der Waals surface area contributed by atoms with Gasteiger partial charge in [0.15, 0.2) is 0 Å². The van der Waals surface area contributed by atoms with Gasteiger partial charge in [0.1, 0.15) is 0 Å². The summed E-state index contributed by atoms with van der Waals surface area (Å²) in [5.74, 6) is 0. The normalized spacial score (nSPS) is 27.4. The molecule has 1 saturated heterocycles. The van der Waals surface area contributed by atoms with Gasteiger partial charge in [0.2, 0.25) is 0 Å². The lowest BCUT2D eigenvalue weighted by Gasteiger charge is -2.40. The molecule has 2 N–H and O–H groups in total. The maximum Gasteiger partial charge on any atom is 0.0593 e. The Morgan fingerprint density at radius 1 is 1.35 bits per heavy atom. The van der Waals surface area contributed by atoms with Crippen LogP contribution in [-0.4, -0.2) is 68.8 Å². The molecule has 0 saturated carbocycles. The van der Waals surface area contributed by atoms with Crippen molar-refractivity contribution in [3.05, 3.63) is 0 Å². The van der Waals surface area contributed by atoms with Gasteiger partial charge in [0.25, 0.3) is 0 Å². The largest absolute Gasteiger partial charge is 0.380 e.